The van der Waals surface area contributed by atoms with Crippen molar-refractivity contribution in [2.75, 3.05) is 0 Å². The standard InChI is InChI=1S/C6H3F3INO/c7-6(8,9)3-1-11-2-4(10)5(3)12/h1-2H,(H,11,12). The Hall–Kier alpha value is -0.530. The van der Waals surface area contributed by atoms with Gasteiger partial charge in [-0.25, -0.2) is 0 Å². The monoisotopic (exact) mass is 289 g/mol. The van der Waals surface area contributed by atoms with Crippen molar-refractivity contribution in [3.05, 3.63) is 31.8 Å². The van der Waals surface area contributed by atoms with Crippen molar-refractivity contribution < 1.29 is 13.2 Å². The summed E-state index contributed by atoms with van der Waals surface area (Å²) in [5.74, 6) is 0. The van der Waals surface area contributed by atoms with Crippen LogP contribution in [0.5, 0.6) is 0 Å². The molecule has 6 heteroatoms. The minimum absolute atomic E-state index is 0.0300. The lowest BCUT2D eigenvalue weighted by Crippen LogP contribution is -2.21. The van der Waals surface area contributed by atoms with E-state index < -0.39 is 17.2 Å². The number of hydrogen-bond donors (Lipinski definition) is 1. The molecule has 1 rings (SSSR count). The molecule has 0 unspecified atom stereocenters. The second kappa shape index (κ2) is 3.08. The van der Waals surface area contributed by atoms with E-state index in [1.165, 1.54) is 6.20 Å². The van der Waals surface area contributed by atoms with E-state index in [4.69, 9.17) is 0 Å². The summed E-state index contributed by atoms with van der Waals surface area (Å²) in [4.78, 5) is 13.1. The maximum absolute atomic E-state index is 12.0. The number of aromatic nitrogens is 1. The number of H-pyrrole nitrogens is 1. The van der Waals surface area contributed by atoms with Crippen LogP contribution in [0.25, 0.3) is 0 Å². The Morgan fingerprint density at radius 3 is 2.33 bits per heavy atom. The first-order chi connectivity index (χ1) is 5.43. The molecular weight excluding hydrogens is 286 g/mol. The number of nitrogens with one attached hydrogen (secondary N) is 1. The molecule has 1 N–H and O–H groups in total. The van der Waals surface area contributed by atoms with Crippen molar-refractivity contribution >= 4 is 22.6 Å². The highest BCUT2D eigenvalue weighted by Gasteiger charge is 2.34. The predicted molar refractivity (Wildman–Crippen MR) is 44.8 cm³/mol. The average molecular weight is 289 g/mol. The van der Waals surface area contributed by atoms with E-state index in [2.05, 4.69) is 4.98 Å². The molecule has 2 nitrogen and oxygen atoms in total. The van der Waals surface area contributed by atoms with Crippen LogP contribution in [0, 0.1) is 3.57 Å². The number of alkyl halides is 3. The minimum atomic E-state index is -4.57. The maximum atomic E-state index is 12.0. The van der Waals surface area contributed by atoms with Gasteiger partial charge >= 0.3 is 6.18 Å². The van der Waals surface area contributed by atoms with Gasteiger partial charge in [0.15, 0.2) is 0 Å². The Bertz CT molecular complexity index is 343. The molecule has 66 valence electrons. The van der Waals surface area contributed by atoms with Crippen LogP contribution in [-0.2, 0) is 6.18 Å². The molecule has 0 atom stereocenters. The Balaban J connectivity index is 3.37. The van der Waals surface area contributed by atoms with Gasteiger partial charge < -0.3 is 4.98 Å². The molecule has 1 aromatic rings. The molecule has 0 aliphatic heterocycles. The van der Waals surface area contributed by atoms with Crippen molar-refractivity contribution in [1.82, 2.24) is 4.98 Å². The highest BCUT2D eigenvalue weighted by molar-refractivity contribution is 14.1. The summed E-state index contributed by atoms with van der Waals surface area (Å²) < 4.78 is 36.0. The molecule has 0 aliphatic carbocycles. The van der Waals surface area contributed by atoms with Gasteiger partial charge in [-0.2, -0.15) is 13.2 Å². The van der Waals surface area contributed by atoms with Gasteiger partial charge in [-0.15, -0.1) is 0 Å². The topological polar surface area (TPSA) is 32.9 Å². The fourth-order valence-electron chi connectivity index (χ4n) is 0.668. The molecule has 12 heavy (non-hydrogen) atoms. The Morgan fingerprint density at radius 2 is 1.92 bits per heavy atom. The van der Waals surface area contributed by atoms with E-state index in [1.54, 1.807) is 22.6 Å². The second-order valence-electron chi connectivity index (χ2n) is 2.04. The molecule has 0 saturated carbocycles. The lowest BCUT2D eigenvalue weighted by molar-refractivity contribution is -0.138. The summed E-state index contributed by atoms with van der Waals surface area (Å²) in [6.45, 7) is 0. The Labute approximate surface area is 78.9 Å². The first-order valence-electron chi connectivity index (χ1n) is 2.86. The van der Waals surface area contributed by atoms with Gasteiger partial charge in [0.25, 0.3) is 0 Å². The fraction of sp³-hybridized carbons (Fsp3) is 0.167. The van der Waals surface area contributed by atoms with Gasteiger partial charge in [-0.05, 0) is 22.6 Å². The first kappa shape index (κ1) is 9.56. The zero-order valence-corrected chi connectivity index (χ0v) is 7.73. The van der Waals surface area contributed by atoms with Crippen molar-refractivity contribution in [3.8, 4) is 0 Å². The summed E-state index contributed by atoms with van der Waals surface area (Å²) in [5, 5.41) is 0. The molecule has 0 radical (unpaired) electrons. The van der Waals surface area contributed by atoms with E-state index >= 15 is 0 Å². The normalized spacial score (nSPS) is 11.7. The van der Waals surface area contributed by atoms with Crippen molar-refractivity contribution in [3.63, 3.8) is 0 Å². The molecule has 1 heterocycles. The van der Waals surface area contributed by atoms with Gasteiger partial charge in [0.2, 0.25) is 5.43 Å². The Kier molecular flexibility index (Phi) is 2.45. The molecule has 0 aliphatic rings. The zero-order valence-electron chi connectivity index (χ0n) is 5.57. The van der Waals surface area contributed by atoms with E-state index in [0.717, 1.165) is 0 Å². The molecule has 0 amide bonds. The molecule has 0 spiro atoms. The summed E-state index contributed by atoms with van der Waals surface area (Å²) in [5.41, 5.74) is -2.14. The highest BCUT2D eigenvalue weighted by atomic mass is 127. The molecule has 1 aromatic heterocycles. The third kappa shape index (κ3) is 1.79. The molecule has 0 bridgehead atoms. The first-order valence-corrected chi connectivity index (χ1v) is 3.94. The van der Waals surface area contributed by atoms with Crippen LogP contribution in [0.1, 0.15) is 5.56 Å². The quantitative estimate of drug-likeness (QED) is 0.728. The number of halogens is 4. The molecule has 0 fully saturated rings. The van der Waals surface area contributed by atoms with Crippen molar-refractivity contribution in [2.24, 2.45) is 0 Å². The van der Waals surface area contributed by atoms with E-state index in [1.807, 2.05) is 0 Å². The van der Waals surface area contributed by atoms with Crippen LogP contribution in [0.4, 0.5) is 13.2 Å². The summed E-state index contributed by atoms with van der Waals surface area (Å²) in [6.07, 6.45) is -2.70. The summed E-state index contributed by atoms with van der Waals surface area (Å²) in [6, 6.07) is 0. The third-order valence-electron chi connectivity index (χ3n) is 1.20. The zero-order chi connectivity index (χ0) is 9.35. The van der Waals surface area contributed by atoms with Crippen LogP contribution in [0.2, 0.25) is 0 Å². The van der Waals surface area contributed by atoms with Crippen LogP contribution < -0.4 is 5.43 Å². The molecule has 0 aromatic carbocycles. The SMILES string of the molecule is O=c1c(I)c[nH]cc1C(F)(F)F. The van der Waals surface area contributed by atoms with Gasteiger partial charge in [-0.1, -0.05) is 0 Å². The van der Waals surface area contributed by atoms with Gasteiger partial charge in [0.1, 0.15) is 5.56 Å². The molecular formula is C6H3F3INO. The van der Waals surface area contributed by atoms with Crippen LogP contribution in [0.15, 0.2) is 17.2 Å². The largest absolute Gasteiger partial charge is 0.421 e. The molecule has 0 saturated heterocycles. The van der Waals surface area contributed by atoms with Crippen molar-refractivity contribution in [1.29, 1.82) is 0 Å². The lowest BCUT2D eigenvalue weighted by atomic mass is 10.3. The smallest absolute Gasteiger partial charge is 0.366 e. The fourth-order valence-corrected chi connectivity index (χ4v) is 1.14. The van der Waals surface area contributed by atoms with E-state index in [0.29, 0.717) is 6.20 Å². The predicted octanol–water partition coefficient (Wildman–Crippen LogP) is 2.00. The third-order valence-corrected chi connectivity index (χ3v) is 2.01. The minimum Gasteiger partial charge on any atom is -0.366 e. The van der Waals surface area contributed by atoms with E-state index in [-0.39, 0.29) is 3.57 Å². The van der Waals surface area contributed by atoms with Crippen LogP contribution >= 0.6 is 22.6 Å². The van der Waals surface area contributed by atoms with Crippen molar-refractivity contribution in [2.45, 2.75) is 6.18 Å². The average Bonchev–Trinajstić information content (AvgIpc) is 1.92. The van der Waals surface area contributed by atoms with Crippen LogP contribution in [0.3, 0.4) is 0 Å². The number of hydrogen-bond acceptors (Lipinski definition) is 1. The highest BCUT2D eigenvalue weighted by Crippen LogP contribution is 2.25. The van der Waals surface area contributed by atoms with E-state index in [9.17, 15) is 18.0 Å². The number of aromatic amines is 1. The van der Waals surface area contributed by atoms with Gasteiger partial charge in [-0.3, -0.25) is 4.79 Å². The summed E-state index contributed by atoms with van der Waals surface area (Å²) in [7, 11) is 0. The number of rotatable bonds is 0. The van der Waals surface area contributed by atoms with Crippen LogP contribution in [-0.4, -0.2) is 4.98 Å². The summed E-state index contributed by atoms with van der Waals surface area (Å²) >= 11 is 1.55. The second-order valence-corrected chi connectivity index (χ2v) is 3.21. The van der Waals surface area contributed by atoms with Gasteiger partial charge in [0.05, 0.1) is 3.57 Å². The number of pyridine rings is 1. The maximum Gasteiger partial charge on any atom is 0.421 e. The lowest BCUT2D eigenvalue weighted by Gasteiger charge is -2.04. The van der Waals surface area contributed by atoms with Gasteiger partial charge in [0, 0.05) is 12.4 Å². The Morgan fingerprint density at radius 1 is 1.33 bits per heavy atom.